The molecule has 0 radical (unpaired) electrons. The zero-order valence-corrected chi connectivity index (χ0v) is 18.2. The van der Waals surface area contributed by atoms with Crippen molar-refractivity contribution in [1.29, 1.82) is 0 Å². The van der Waals surface area contributed by atoms with Crippen LogP contribution in [0, 0.1) is 12.8 Å². The Balaban J connectivity index is 1.85. The number of amides is 1. The normalized spacial score (nSPS) is 15.6. The van der Waals surface area contributed by atoms with Crippen molar-refractivity contribution in [3.8, 4) is 0 Å². The molecule has 3 rings (SSSR count). The number of carbonyl (C=O) groups is 2. The zero-order valence-electron chi connectivity index (χ0n) is 17.3. The monoisotopic (exact) mass is 430 g/mol. The van der Waals surface area contributed by atoms with Gasteiger partial charge in [-0.2, -0.15) is 4.31 Å². The highest BCUT2D eigenvalue weighted by Gasteiger charge is 2.29. The van der Waals surface area contributed by atoms with Crippen molar-refractivity contribution in [3.63, 3.8) is 0 Å². The number of carbonyl (C=O) groups excluding carboxylic acids is 2. The van der Waals surface area contributed by atoms with Crippen molar-refractivity contribution >= 4 is 27.6 Å². The molecule has 0 unspecified atom stereocenters. The first-order chi connectivity index (χ1) is 14.2. The molecule has 1 fully saturated rings. The Kier molecular flexibility index (Phi) is 6.58. The molecule has 1 saturated heterocycles. The zero-order chi connectivity index (χ0) is 21.9. The predicted octanol–water partition coefficient (Wildman–Crippen LogP) is 3.45. The third kappa shape index (κ3) is 4.71. The molecule has 30 heavy (non-hydrogen) atoms. The number of nitrogens with one attached hydrogen (secondary N) is 1. The minimum Gasteiger partial charge on any atom is -0.465 e. The molecule has 8 heteroatoms. The highest BCUT2D eigenvalue weighted by atomic mass is 32.2. The number of esters is 1. The topological polar surface area (TPSA) is 92.8 Å². The maximum Gasteiger partial charge on any atom is 0.337 e. The largest absolute Gasteiger partial charge is 0.465 e. The average Bonchev–Trinajstić information content (AvgIpc) is 2.73. The van der Waals surface area contributed by atoms with E-state index in [0.717, 1.165) is 12.8 Å². The molecule has 2 aromatic rings. The summed E-state index contributed by atoms with van der Waals surface area (Å²) in [6.07, 6.45) is 1.66. The summed E-state index contributed by atoms with van der Waals surface area (Å²) in [5.41, 5.74) is 1.65. The summed E-state index contributed by atoms with van der Waals surface area (Å²) >= 11 is 0. The molecule has 1 amide bonds. The van der Waals surface area contributed by atoms with Crippen LogP contribution in [0.3, 0.4) is 0 Å². The van der Waals surface area contributed by atoms with Gasteiger partial charge in [0.25, 0.3) is 5.91 Å². The number of rotatable bonds is 5. The Morgan fingerprint density at radius 3 is 2.47 bits per heavy atom. The fraction of sp³-hybridized carbons (Fsp3) is 0.364. The van der Waals surface area contributed by atoms with Gasteiger partial charge in [0.2, 0.25) is 10.0 Å². The van der Waals surface area contributed by atoms with Crippen LogP contribution in [0.25, 0.3) is 0 Å². The van der Waals surface area contributed by atoms with E-state index in [4.69, 9.17) is 4.74 Å². The van der Waals surface area contributed by atoms with Crippen LogP contribution in [0.4, 0.5) is 5.69 Å². The van der Waals surface area contributed by atoms with Crippen LogP contribution in [0.2, 0.25) is 0 Å². The van der Waals surface area contributed by atoms with E-state index in [-0.39, 0.29) is 10.5 Å². The van der Waals surface area contributed by atoms with E-state index < -0.39 is 21.9 Å². The number of hydrogen-bond donors (Lipinski definition) is 1. The Labute approximate surface area is 177 Å². The first kappa shape index (κ1) is 22.0. The highest BCUT2D eigenvalue weighted by molar-refractivity contribution is 7.89. The van der Waals surface area contributed by atoms with Crippen molar-refractivity contribution in [3.05, 3.63) is 59.2 Å². The molecule has 1 aliphatic rings. The summed E-state index contributed by atoms with van der Waals surface area (Å²) in [7, 11) is -2.38. The van der Waals surface area contributed by atoms with E-state index in [1.54, 1.807) is 31.2 Å². The van der Waals surface area contributed by atoms with Gasteiger partial charge >= 0.3 is 5.97 Å². The maximum absolute atomic E-state index is 13.0. The van der Waals surface area contributed by atoms with Gasteiger partial charge in [-0.15, -0.1) is 0 Å². The molecule has 0 spiro atoms. The van der Waals surface area contributed by atoms with Gasteiger partial charge < -0.3 is 10.1 Å². The van der Waals surface area contributed by atoms with Crippen LogP contribution in [0.5, 0.6) is 0 Å². The molecule has 1 aliphatic heterocycles. The molecular weight excluding hydrogens is 404 g/mol. The van der Waals surface area contributed by atoms with Gasteiger partial charge in [0.05, 0.1) is 17.6 Å². The van der Waals surface area contributed by atoms with Crippen molar-refractivity contribution < 1.29 is 22.7 Å². The van der Waals surface area contributed by atoms with Gasteiger partial charge in [0.15, 0.2) is 0 Å². The van der Waals surface area contributed by atoms with E-state index in [9.17, 15) is 18.0 Å². The van der Waals surface area contributed by atoms with E-state index in [1.165, 1.54) is 29.6 Å². The number of anilines is 1. The highest BCUT2D eigenvalue weighted by Crippen LogP contribution is 2.25. The van der Waals surface area contributed by atoms with Gasteiger partial charge in [-0.25, -0.2) is 13.2 Å². The molecule has 0 atom stereocenters. The second-order valence-electron chi connectivity index (χ2n) is 7.59. The number of benzene rings is 2. The third-order valence-electron chi connectivity index (χ3n) is 5.38. The molecule has 2 aromatic carbocycles. The fourth-order valence-corrected chi connectivity index (χ4v) is 4.92. The van der Waals surface area contributed by atoms with Gasteiger partial charge in [-0.05, 0) is 61.6 Å². The standard InChI is InChI=1S/C22H26N2O5S/c1-15-9-11-24(12-10-15)30(27,28)19-8-7-16(2)20(14-19)21(25)23-18-6-4-5-17(13-18)22(26)29-3/h4-8,13-15H,9-12H2,1-3H3,(H,23,25). The maximum atomic E-state index is 13.0. The van der Waals surface area contributed by atoms with Crippen LogP contribution in [0.1, 0.15) is 46.0 Å². The minimum absolute atomic E-state index is 0.108. The van der Waals surface area contributed by atoms with Crippen molar-refractivity contribution in [2.45, 2.75) is 31.6 Å². The number of methoxy groups -OCH3 is 1. The summed E-state index contributed by atoms with van der Waals surface area (Å²) in [5.74, 6) is -0.443. The fourth-order valence-electron chi connectivity index (χ4n) is 3.42. The van der Waals surface area contributed by atoms with Gasteiger partial charge in [0.1, 0.15) is 0 Å². The van der Waals surface area contributed by atoms with Crippen LogP contribution in [-0.4, -0.2) is 44.8 Å². The van der Waals surface area contributed by atoms with Crippen molar-refractivity contribution in [1.82, 2.24) is 4.31 Å². The van der Waals surface area contributed by atoms with E-state index in [2.05, 4.69) is 12.2 Å². The number of ether oxygens (including phenoxy) is 1. The first-order valence-corrected chi connectivity index (χ1v) is 11.3. The first-order valence-electron chi connectivity index (χ1n) is 9.83. The quantitative estimate of drug-likeness (QED) is 0.734. The number of sulfonamides is 1. The summed E-state index contributed by atoms with van der Waals surface area (Å²) in [4.78, 5) is 24.7. The lowest BCUT2D eigenvalue weighted by Crippen LogP contribution is -2.38. The predicted molar refractivity (Wildman–Crippen MR) is 114 cm³/mol. The summed E-state index contributed by atoms with van der Waals surface area (Å²) in [5, 5.41) is 2.73. The molecule has 160 valence electrons. The van der Waals surface area contributed by atoms with E-state index in [1.807, 2.05) is 0 Å². The average molecular weight is 431 g/mol. The number of piperidine rings is 1. The van der Waals surface area contributed by atoms with Crippen LogP contribution in [-0.2, 0) is 14.8 Å². The number of nitrogens with zero attached hydrogens (tertiary/aromatic N) is 1. The molecular formula is C22H26N2O5S. The molecule has 0 bridgehead atoms. The van der Waals surface area contributed by atoms with Crippen LogP contribution in [0.15, 0.2) is 47.4 Å². The van der Waals surface area contributed by atoms with E-state index in [0.29, 0.717) is 35.8 Å². The third-order valence-corrected chi connectivity index (χ3v) is 7.27. The lowest BCUT2D eigenvalue weighted by Gasteiger charge is -2.29. The second-order valence-corrected chi connectivity index (χ2v) is 9.53. The Bertz CT molecular complexity index is 1060. The van der Waals surface area contributed by atoms with Gasteiger partial charge in [0, 0.05) is 24.3 Å². The molecule has 1 N–H and O–H groups in total. The Morgan fingerprint density at radius 2 is 1.80 bits per heavy atom. The van der Waals surface area contributed by atoms with Gasteiger partial charge in [-0.3, -0.25) is 4.79 Å². The number of hydrogen-bond acceptors (Lipinski definition) is 5. The van der Waals surface area contributed by atoms with Crippen molar-refractivity contribution in [2.75, 3.05) is 25.5 Å². The Hall–Kier alpha value is -2.71. The Morgan fingerprint density at radius 1 is 1.10 bits per heavy atom. The van der Waals surface area contributed by atoms with Gasteiger partial charge in [-0.1, -0.05) is 19.1 Å². The number of aryl methyl sites for hydroxylation is 1. The van der Waals surface area contributed by atoms with Crippen molar-refractivity contribution in [2.24, 2.45) is 5.92 Å². The SMILES string of the molecule is COC(=O)c1cccc(NC(=O)c2cc(S(=O)(=O)N3CCC(C)CC3)ccc2C)c1. The molecule has 7 nitrogen and oxygen atoms in total. The minimum atomic E-state index is -3.66. The lowest BCUT2D eigenvalue weighted by molar-refractivity contribution is 0.0600. The summed E-state index contributed by atoms with van der Waals surface area (Å²) < 4.78 is 32.2. The summed E-state index contributed by atoms with van der Waals surface area (Å²) in [6, 6.07) is 11.0. The van der Waals surface area contributed by atoms with Crippen LogP contribution >= 0.6 is 0 Å². The van der Waals surface area contributed by atoms with Crippen LogP contribution < -0.4 is 5.32 Å². The molecule has 1 heterocycles. The molecule has 0 aromatic heterocycles. The second kappa shape index (κ2) is 8.97. The van der Waals surface area contributed by atoms with E-state index >= 15 is 0 Å². The molecule has 0 saturated carbocycles. The smallest absolute Gasteiger partial charge is 0.337 e. The molecule has 0 aliphatic carbocycles. The lowest BCUT2D eigenvalue weighted by atomic mass is 10.0. The summed E-state index contributed by atoms with van der Waals surface area (Å²) in [6.45, 7) is 4.84.